The number of aryl methyl sites for hydroxylation is 1. The number of nitrogens with two attached hydrogens (primary N) is 1. The highest BCUT2D eigenvalue weighted by Gasteiger charge is 2.25. The molecule has 9 nitrogen and oxygen atoms in total. The summed E-state index contributed by atoms with van der Waals surface area (Å²) in [6, 6.07) is 5.18. The van der Waals surface area contributed by atoms with Crippen molar-refractivity contribution in [2.24, 2.45) is 5.73 Å². The van der Waals surface area contributed by atoms with Crippen molar-refractivity contribution in [3.05, 3.63) is 51.6 Å². The van der Waals surface area contributed by atoms with E-state index in [2.05, 4.69) is 5.10 Å². The molecule has 26 heavy (non-hydrogen) atoms. The molecule has 138 valence electrons. The maximum Gasteiger partial charge on any atom is 0.312 e. The molecular formula is C16H18FN5O4. The Balaban J connectivity index is 2.29. The number of aromatic nitrogens is 2. The SMILES string of the molecule is Cc1nn(CC(=O)N(CCC(N)=O)c2ccc(F)cc2)c(C)c1[N+](=O)[O-]. The van der Waals surface area contributed by atoms with E-state index in [0.29, 0.717) is 5.69 Å². The first-order chi connectivity index (χ1) is 12.2. The molecule has 0 bridgehead atoms. The molecule has 0 aliphatic rings. The monoisotopic (exact) mass is 363 g/mol. The predicted molar refractivity (Wildman–Crippen MR) is 90.9 cm³/mol. The Kier molecular flexibility index (Phi) is 5.65. The van der Waals surface area contributed by atoms with Gasteiger partial charge in [-0.15, -0.1) is 0 Å². The summed E-state index contributed by atoms with van der Waals surface area (Å²) in [6.07, 6.45) is -0.0830. The first kappa shape index (κ1) is 19.0. The van der Waals surface area contributed by atoms with Gasteiger partial charge in [-0.3, -0.25) is 24.4 Å². The van der Waals surface area contributed by atoms with Crippen molar-refractivity contribution in [3.63, 3.8) is 0 Å². The molecule has 2 aromatic rings. The highest BCUT2D eigenvalue weighted by Crippen LogP contribution is 2.22. The van der Waals surface area contributed by atoms with Crippen LogP contribution in [0.25, 0.3) is 0 Å². The van der Waals surface area contributed by atoms with Crippen LogP contribution in [-0.2, 0) is 16.1 Å². The summed E-state index contributed by atoms with van der Waals surface area (Å²) >= 11 is 0. The Morgan fingerprint density at radius 1 is 1.31 bits per heavy atom. The lowest BCUT2D eigenvalue weighted by Gasteiger charge is -2.22. The van der Waals surface area contributed by atoms with Crippen LogP contribution in [0.3, 0.4) is 0 Å². The van der Waals surface area contributed by atoms with Gasteiger partial charge in [-0.2, -0.15) is 5.10 Å². The van der Waals surface area contributed by atoms with Gasteiger partial charge >= 0.3 is 5.69 Å². The molecule has 10 heteroatoms. The fourth-order valence-corrected chi connectivity index (χ4v) is 2.56. The number of anilines is 1. The van der Waals surface area contributed by atoms with Crippen LogP contribution in [0.2, 0.25) is 0 Å². The zero-order valence-corrected chi connectivity index (χ0v) is 14.3. The molecule has 0 saturated heterocycles. The Bertz CT molecular complexity index is 847. The Morgan fingerprint density at radius 2 is 1.92 bits per heavy atom. The third-order valence-corrected chi connectivity index (χ3v) is 3.83. The molecule has 0 spiro atoms. The number of hydrogen-bond donors (Lipinski definition) is 1. The van der Waals surface area contributed by atoms with Crippen molar-refractivity contribution < 1.29 is 18.9 Å². The van der Waals surface area contributed by atoms with E-state index in [-0.39, 0.29) is 36.6 Å². The number of hydrogen-bond acceptors (Lipinski definition) is 5. The molecule has 0 saturated carbocycles. The largest absolute Gasteiger partial charge is 0.370 e. The average Bonchev–Trinajstić information content (AvgIpc) is 2.82. The van der Waals surface area contributed by atoms with E-state index in [4.69, 9.17) is 5.73 Å². The maximum absolute atomic E-state index is 13.1. The first-order valence-electron chi connectivity index (χ1n) is 7.73. The summed E-state index contributed by atoms with van der Waals surface area (Å²) in [5, 5.41) is 15.1. The molecule has 0 aliphatic carbocycles. The van der Waals surface area contributed by atoms with E-state index in [1.54, 1.807) is 0 Å². The number of rotatable bonds is 7. The van der Waals surface area contributed by atoms with E-state index in [0.717, 1.165) is 0 Å². The number of carbonyl (C=O) groups excluding carboxylic acids is 2. The molecule has 2 amide bonds. The molecule has 0 unspecified atom stereocenters. The summed E-state index contributed by atoms with van der Waals surface area (Å²) in [7, 11) is 0. The predicted octanol–water partition coefficient (Wildman–Crippen LogP) is 1.46. The summed E-state index contributed by atoms with van der Waals surface area (Å²) in [5.74, 6) is -1.52. The number of nitrogens with zero attached hydrogens (tertiary/aromatic N) is 4. The van der Waals surface area contributed by atoms with Crippen molar-refractivity contribution in [1.82, 2.24) is 9.78 Å². The quantitative estimate of drug-likeness (QED) is 0.589. The number of primary amides is 1. The molecule has 0 atom stereocenters. The molecule has 2 N–H and O–H groups in total. The zero-order valence-electron chi connectivity index (χ0n) is 14.3. The van der Waals surface area contributed by atoms with Crippen LogP contribution in [-0.4, -0.2) is 33.1 Å². The standard InChI is InChI=1S/C16H18FN5O4/c1-10-16(22(25)26)11(2)21(19-10)9-15(24)20(8-7-14(18)23)13-5-3-12(17)4-6-13/h3-6H,7-9H2,1-2H3,(H2,18,23). The van der Waals surface area contributed by atoms with Crippen molar-refractivity contribution in [2.45, 2.75) is 26.8 Å². The van der Waals surface area contributed by atoms with E-state index in [1.165, 1.54) is 47.7 Å². The van der Waals surface area contributed by atoms with Crippen LogP contribution in [0.15, 0.2) is 24.3 Å². The number of benzene rings is 1. The first-order valence-corrected chi connectivity index (χ1v) is 7.73. The molecule has 0 fully saturated rings. The molecule has 1 aromatic carbocycles. The fourth-order valence-electron chi connectivity index (χ4n) is 2.56. The zero-order chi connectivity index (χ0) is 19.4. The van der Waals surface area contributed by atoms with Gasteiger partial charge in [0.1, 0.15) is 23.7 Å². The van der Waals surface area contributed by atoms with E-state index in [1.807, 2.05) is 0 Å². The molecule has 0 radical (unpaired) electrons. The van der Waals surface area contributed by atoms with Gasteiger partial charge in [0.15, 0.2) is 0 Å². The van der Waals surface area contributed by atoms with Gasteiger partial charge < -0.3 is 10.6 Å². The van der Waals surface area contributed by atoms with Gasteiger partial charge in [-0.1, -0.05) is 0 Å². The minimum atomic E-state index is -0.591. The van der Waals surface area contributed by atoms with E-state index < -0.39 is 22.6 Å². The third kappa shape index (κ3) is 4.21. The highest BCUT2D eigenvalue weighted by atomic mass is 19.1. The summed E-state index contributed by atoms with van der Waals surface area (Å²) < 4.78 is 14.4. The summed E-state index contributed by atoms with van der Waals surface area (Å²) in [5.41, 5.74) is 5.83. The maximum atomic E-state index is 13.1. The van der Waals surface area contributed by atoms with E-state index in [9.17, 15) is 24.1 Å². The lowest BCUT2D eigenvalue weighted by atomic mass is 10.2. The minimum absolute atomic E-state index is 0.00118. The number of carbonyl (C=O) groups is 2. The summed E-state index contributed by atoms with van der Waals surface area (Å²) in [6.45, 7) is 2.71. The second-order valence-electron chi connectivity index (χ2n) is 5.67. The molecule has 0 aliphatic heterocycles. The van der Waals surface area contributed by atoms with Crippen LogP contribution in [0, 0.1) is 29.8 Å². The van der Waals surface area contributed by atoms with Crippen molar-refractivity contribution >= 4 is 23.2 Å². The average molecular weight is 363 g/mol. The van der Waals surface area contributed by atoms with Crippen molar-refractivity contribution in [3.8, 4) is 0 Å². The van der Waals surface area contributed by atoms with Crippen molar-refractivity contribution in [1.29, 1.82) is 0 Å². The van der Waals surface area contributed by atoms with Gasteiger partial charge in [-0.25, -0.2) is 4.39 Å². The van der Waals surface area contributed by atoms with Gasteiger partial charge in [0.2, 0.25) is 11.8 Å². The van der Waals surface area contributed by atoms with Crippen LogP contribution in [0.5, 0.6) is 0 Å². The lowest BCUT2D eigenvalue weighted by molar-refractivity contribution is -0.386. The molecular weight excluding hydrogens is 345 g/mol. The lowest BCUT2D eigenvalue weighted by Crippen LogP contribution is -2.36. The minimum Gasteiger partial charge on any atom is -0.370 e. The van der Waals surface area contributed by atoms with Crippen LogP contribution < -0.4 is 10.6 Å². The fraction of sp³-hybridized carbons (Fsp3) is 0.312. The normalized spacial score (nSPS) is 10.6. The summed E-state index contributed by atoms with van der Waals surface area (Å²) in [4.78, 5) is 35.6. The van der Waals surface area contributed by atoms with E-state index >= 15 is 0 Å². The van der Waals surface area contributed by atoms with Crippen molar-refractivity contribution in [2.75, 3.05) is 11.4 Å². The molecule has 2 rings (SSSR count). The number of nitro groups is 1. The van der Waals surface area contributed by atoms with Crippen LogP contribution in [0.1, 0.15) is 17.8 Å². The highest BCUT2D eigenvalue weighted by molar-refractivity contribution is 5.93. The van der Waals surface area contributed by atoms with Gasteiger partial charge in [0.25, 0.3) is 0 Å². The third-order valence-electron chi connectivity index (χ3n) is 3.83. The Labute approximate surface area is 148 Å². The topological polar surface area (TPSA) is 124 Å². The second kappa shape index (κ2) is 7.72. The number of halogens is 1. The van der Waals surface area contributed by atoms with Gasteiger partial charge in [0, 0.05) is 18.7 Å². The Morgan fingerprint density at radius 3 is 2.42 bits per heavy atom. The van der Waals surface area contributed by atoms with Crippen LogP contribution >= 0.6 is 0 Å². The smallest absolute Gasteiger partial charge is 0.312 e. The van der Waals surface area contributed by atoms with Crippen LogP contribution in [0.4, 0.5) is 15.8 Å². The van der Waals surface area contributed by atoms with Gasteiger partial charge in [-0.05, 0) is 38.1 Å². The number of amides is 2. The second-order valence-corrected chi connectivity index (χ2v) is 5.67. The Hall–Kier alpha value is -3.30. The molecule has 1 heterocycles. The van der Waals surface area contributed by atoms with Gasteiger partial charge in [0.05, 0.1) is 4.92 Å². The molecule has 1 aromatic heterocycles.